The van der Waals surface area contributed by atoms with Crippen LogP contribution in [0.25, 0.3) is 0 Å². The van der Waals surface area contributed by atoms with Gasteiger partial charge in [0.2, 0.25) is 0 Å². The van der Waals surface area contributed by atoms with Gasteiger partial charge >= 0.3 is 12.4 Å². The van der Waals surface area contributed by atoms with Crippen molar-refractivity contribution in [3.8, 4) is 0 Å². The number of carbonyl (C=O) groups excluding carboxylic acids is 2. The maximum absolute atomic E-state index is 13.4. The Labute approximate surface area is 256 Å². The van der Waals surface area contributed by atoms with Crippen LogP contribution in [0.15, 0.2) is 66.7 Å². The standard InChI is InChI=1S/C33H33F6N3O3/c34-32(35,36)24-16-23(17-25(18-24)33(37,38)39)30(43)41-26-8-9-29(28(19-26)31(44)40-20-27-7-4-14-45-27)42-12-10-22(11-13-42)15-21-5-2-1-3-6-21/h1-3,5-6,8-9,16-19,22,27H,4,7,10-15,20H2,(H,40,44)(H,41,43). The van der Waals surface area contributed by atoms with Crippen molar-refractivity contribution in [2.75, 3.05) is 36.5 Å². The second-order valence-electron chi connectivity index (χ2n) is 11.4. The Morgan fingerprint density at radius 3 is 2.09 bits per heavy atom. The van der Waals surface area contributed by atoms with E-state index in [1.165, 1.54) is 17.7 Å². The van der Waals surface area contributed by atoms with Gasteiger partial charge in [-0.1, -0.05) is 30.3 Å². The number of ether oxygens (including phenoxy) is 1. The number of amides is 2. The summed E-state index contributed by atoms with van der Waals surface area (Å²) in [6.07, 6.45) is -5.91. The number of rotatable bonds is 8. The summed E-state index contributed by atoms with van der Waals surface area (Å²) >= 11 is 0. The first kappa shape index (κ1) is 32.3. The first-order valence-corrected chi connectivity index (χ1v) is 14.8. The molecule has 2 heterocycles. The number of benzene rings is 3. The molecule has 0 spiro atoms. The van der Waals surface area contributed by atoms with Gasteiger partial charge in [-0.3, -0.25) is 9.59 Å². The Bertz CT molecular complexity index is 1460. The Hall–Kier alpha value is -4.06. The van der Waals surface area contributed by atoms with Gasteiger partial charge in [0, 0.05) is 43.2 Å². The minimum Gasteiger partial charge on any atom is -0.376 e. The van der Waals surface area contributed by atoms with Gasteiger partial charge in [0.1, 0.15) is 0 Å². The van der Waals surface area contributed by atoms with Crippen LogP contribution in [0, 0.1) is 5.92 Å². The number of piperidine rings is 1. The summed E-state index contributed by atoms with van der Waals surface area (Å²) in [5.74, 6) is -1.14. The molecule has 5 rings (SSSR count). The van der Waals surface area contributed by atoms with Crippen LogP contribution in [-0.4, -0.2) is 44.2 Å². The van der Waals surface area contributed by atoms with Gasteiger partial charge in [-0.05, 0) is 80.0 Å². The molecule has 0 aliphatic carbocycles. The highest BCUT2D eigenvalue weighted by molar-refractivity contribution is 6.06. The largest absolute Gasteiger partial charge is 0.416 e. The molecule has 2 N–H and O–H groups in total. The predicted octanol–water partition coefficient (Wildman–Crippen LogP) is 7.34. The lowest BCUT2D eigenvalue weighted by Crippen LogP contribution is -2.37. The van der Waals surface area contributed by atoms with Crippen molar-refractivity contribution < 1.29 is 40.7 Å². The van der Waals surface area contributed by atoms with Crippen molar-refractivity contribution in [1.29, 1.82) is 0 Å². The first-order valence-electron chi connectivity index (χ1n) is 14.8. The molecule has 2 fully saturated rings. The molecule has 45 heavy (non-hydrogen) atoms. The molecule has 1 atom stereocenters. The van der Waals surface area contributed by atoms with Crippen molar-refractivity contribution >= 4 is 23.2 Å². The van der Waals surface area contributed by atoms with Crippen molar-refractivity contribution in [2.45, 2.75) is 50.6 Å². The highest BCUT2D eigenvalue weighted by Crippen LogP contribution is 2.37. The average molecular weight is 634 g/mol. The number of halogens is 6. The second-order valence-corrected chi connectivity index (χ2v) is 11.4. The SMILES string of the molecule is O=C(Nc1ccc(N2CCC(Cc3ccccc3)CC2)c(C(=O)NCC2CCCO2)c1)c1cc(C(F)(F)F)cc(C(F)(F)F)c1. The molecular weight excluding hydrogens is 600 g/mol. The van der Waals surface area contributed by atoms with Crippen molar-refractivity contribution in [3.63, 3.8) is 0 Å². The smallest absolute Gasteiger partial charge is 0.376 e. The van der Waals surface area contributed by atoms with Crippen LogP contribution in [-0.2, 0) is 23.5 Å². The number of hydrogen-bond acceptors (Lipinski definition) is 4. The number of nitrogens with zero attached hydrogens (tertiary/aromatic N) is 1. The van der Waals surface area contributed by atoms with Gasteiger partial charge in [0.15, 0.2) is 0 Å². The molecular formula is C33H33F6N3O3. The molecule has 12 heteroatoms. The minimum absolute atomic E-state index is 0.0366. The summed E-state index contributed by atoms with van der Waals surface area (Å²) in [6.45, 7) is 2.24. The van der Waals surface area contributed by atoms with E-state index >= 15 is 0 Å². The third kappa shape index (κ3) is 8.36. The Balaban J connectivity index is 1.37. The van der Waals surface area contributed by atoms with E-state index in [1.54, 1.807) is 6.07 Å². The lowest BCUT2D eigenvalue weighted by atomic mass is 9.89. The number of nitrogens with one attached hydrogen (secondary N) is 2. The van der Waals surface area contributed by atoms with Crippen molar-refractivity contribution in [3.05, 3.63) is 94.5 Å². The molecule has 0 aromatic heterocycles. The van der Waals surface area contributed by atoms with Gasteiger partial charge in [-0.25, -0.2) is 0 Å². The van der Waals surface area contributed by atoms with E-state index in [2.05, 4.69) is 27.7 Å². The summed E-state index contributed by atoms with van der Waals surface area (Å²) in [5, 5.41) is 5.24. The zero-order chi connectivity index (χ0) is 32.2. The van der Waals surface area contributed by atoms with Crippen LogP contribution >= 0.6 is 0 Å². The van der Waals surface area contributed by atoms with E-state index in [-0.39, 0.29) is 30.0 Å². The fourth-order valence-electron chi connectivity index (χ4n) is 5.79. The zero-order valence-corrected chi connectivity index (χ0v) is 24.3. The quantitative estimate of drug-likeness (QED) is 0.255. The second kappa shape index (κ2) is 13.5. The molecule has 0 bridgehead atoms. The number of alkyl halides is 6. The summed E-state index contributed by atoms with van der Waals surface area (Å²) < 4.78 is 85.7. The highest BCUT2D eigenvalue weighted by Gasteiger charge is 2.37. The average Bonchev–Trinajstić information content (AvgIpc) is 3.54. The molecule has 1 unspecified atom stereocenters. The molecule has 6 nitrogen and oxygen atoms in total. The Morgan fingerprint density at radius 1 is 0.822 bits per heavy atom. The van der Waals surface area contributed by atoms with Gasteiger partial charge < -0.3 is 20.3 Å². The minimum atomic E-state index is -5.10. The first-order chi connectivity index (χ1) is 21.4. The molecule has 240 valence electrons. The molecule has 2 amide bonds. The molecule has 0 saturated carbocycles. The molecule has 2 aliphatic heterocycles. The van der Waals surface area contributed by atoms with Gasteiger partial charge in [0.05, 0.1) is 22.8 Å². The number of anilines is 2. The summed E-state index contributed by atoms with van der Waals surface area (Å²) in [5.41, 5.74) is -1.84. The molecule has 3 aromatic carbocycles. The van der Waals surface area contributed by atoms with Crippen LogP contribution < -0.4 is 15.5 Å². The van der Waals surface area contributed by atoms with Crippen LogP contribution in [0.2, 0.25) is 0 Å². The van der Waals surface area contributed by atoms with E-state index in [9.17, 15) is 35.9 Å². The number of hydrogen-bond donors (Lipinski definition) is 2. The van der Waals surface area contributed by atoms with Crippen LogP contribution in [0.1, 0.15) is 63.1 Å². The molecule has 3 aromatic rings. The third-order valence-corrected chi connectivity index (χ3v) is 8.19. The maximum Gasteiger partial charge on any atom is 0.416 e. The van der Waals surface area contributed by atoms with E-state index in [1.807, 2.05) is 18.2 Å². The van der Waals surface area contributed by atoms with E-state index < -0.39 is 40.9 Å². The highest BCUT2D eigenvalue weighted by atomic mass is 19.4. The lowest BCUT2D eigenvalue weighted by molar-refractivity contribution is -0.143. The molecule has 2 saturated heterocycles. The van der Waals surface area contributed by atoms with Crippen molar-refractivity contribution in [1.82, 2.24) is 5.32 Å². The summed E-state index contributed by atoms with van der Waals surface area (Å²) in [6, 6.07) is 15.4. The normalized spacial score (nSPS) is 17.7. The topological polar surface area (TPSA) is 70.7 Å². The Morgan fingerprint density at radius 2 is 1.49 bits per heavy atom. The van der Waals surface area contributed by atoms with E-state index in [0.717, 1.165) is 32.1 Å². The zero-order valence-electron chi connectivity index (χ0n) is 24.3. The van der Waals surface area contributed by atoms with Gasteiger partial charge in [-0.2, -0.15) is 26.3 Å². The van der Waals surface area contributed by atoms with Crippen LogP contribution in [0.5, 0.6) is 0 Å². The molecule has 0 radical (unpaired) electrons. The van der Waals surface area contributed by atoms with E-state index in [0.29, 0.717) is 43.4 Å². The molecule has 2 aliphatic rings. The Kier molecular flexibility index (Phi) is 9.71. The van der Waals surface area contributed by atoms with Crippen molar-refractivity contribution in [2.24, 2.45) is 5.92 Å². The summed E-state index contributed by atoms with van der Waals surface area (Å²) in [4.78, 5) is 28.5. The third-order valence-electron chi connectivity index (χ3n) is 8.19. The maximum atomic E-state index is 13.4. The van der Waals surface area contributed by atoms with Gasteiger partial charge in [0.25, 0.3) is 11.8 Å². The van der Waals surface area contributed by atoms with Crippen LogP contribution in [0.3, 0.4) is 0 Å². The number of carbonyl (C=O) groups is 2. The summed E-state index contributed by atoms with van der Waals surface area (Å²) in [7, 11) is 0. The fraction of sp³-hybridized carbons (Fsp3) is 0.394. The monoisotopic (exact) mass is 633 g/mol. The van der Waals surface area contributed by atoms with Crippen LogP contribution in [0.4, 0.5) is 37.7 Å². The van der Waals surface area contributed by atoms with E-state index in [4.69, 9.17) is 4.74 Å². The fourth-order valence-corrected chi connectivity index (χ4v) is 5.79. The lowest BCUT2D eigenvalue weighted by Gasteiger charge is -2.35. The predicted molar refractivity (Wildman–Crippen MR) is 157 cm³/mol. The van der Waals surface area contributed by atoms with Gasteiger partial charge in [-0.15, -0.1) is 0 Å².